The van der Waals surface area contributed by atoms with Crippen molar-refractivity contribution in [3.8, 4) is 26.7 Å². The van der Waals surface area contributed by atoms with Crippen LogP contribution in [0.5, 0.6) is 0 Å². The third kappa shape index (κ3) is 4.71. The number of hydrogen-bond acceptors (Lipinski definition) is 6. The van der Waals surface area contributed by atoms with E-state index in [1.807, 2.05) is 36.4 Å². The molecule has 3 heterocycles. The van der Waals surface area contributed by atoms with E-state index in [9.17, 15) is 18.3 Å². The van der Waals surface area contributed by atoms with Gasteiger partial charge >= 0.3 is 0 Å². The van der Waals surface area contributed by atoms with Crippen LogP contribution >= 0.6 is 22.9 Å². The lowest BCUT2D eigenvalue weighted by atomic mass is 10.2. The highest BCUT2D eigenvalue weighted by molar-refractivity contribution is 7.90. The number of carbonyl (C=O) groups excluding carboxylic acids is 1. The minimum atomic E-state index is -3.33. The molecule has 0 aliphatic carbocycles. The fourth-order valence-electron chi connectivity index (χ4n) is 4.42. The zero-order valence-corrected chi connectivity index (χ0v) is 21.9. The standard InChI is InChI=1S/C26H24ClN3O4S2/c1-36(33,34)19-8-4-6-17(14-19)24-11-12-25(35-24)23-15-21(26(32)29-13-5-7-18(29)16-31)28-30(23)22-10-3-2-9-20(22)27/h2-4,6,8-12,14-15,18,31H,5,7,13,16H2,1H3/t18-/m0/s1. The Hall–Kier alpha value is -2.98. The molecule has 1 amide bonds. The highest BCUT2D eigenvalue weighted by Crippen LogP contribution is 2.37. The van der Waals surface area contributed by atoms with Gasteiger partial charge in [0, 0.05) is 17.7 Å². The van der Waals surface area contributed by atoms with Crippen LogP contribution in [-0.2, 0) is 9.84 Å². The number of thiophene rings is 1. The molecule has 1 atom stereocenters. The Morgan fingerprint density at radius 3 is 2.64 bits per heavy atom. The summed E-state index contributed by atoms with van der Waals surface area (Å²) >= 11 is 7.97. The van der Waals surface area contributed by atoms with Crippen LogP contribution < -0.4 is 0 Å². The quantitative estimate of drug-likeness (QED) is 0.374. The van der Waals surface area contributed by atoms with Gasteiger partial charge in [-0.3, -0.25) is 4.79 Å². The van der Waals surface area contributed by atoms with Crippen molar-refractivity contribution >= 4 is 38.7 Å². The average Bonchev–Trinajstić information content (AvgIpc) is 3.62. The molecular formula is C26H24ClN3O4S2. The molecule has 1 N–H and O–H groups in total. The normalized spacial score (nSPS) is 16.0. The first-order valence-electron chi connectivity index (χ1n) is 11.4. The molecule has 0 bridgehead atoms. The van der Waals surface area contributed by atoms with Crippen molar-refractivity contribution < 1.29 is 18.3 Å². The van der Waals surface area contributed by atoms with Gasteiger partial charge in [-0.25, -0.2) is 13.1 Å². The summed E-state index contributed by atoms with van der Waals surface area (Å²) < 4.78 is 25.7. The Morgan fingerprint density at radius 2 is 1.89 bits per heavy atom. The van der Waals surface area contributed by atoms with Crippen molar-refractivity contribution in [2.24, 2.45) is 0 Å². The maximum atomic E-state index is 13.3. The minimum Gasteiger partial charge on any atom is -0.394 e. The van der Waals surface area contributed by atoms with Crippen LogP contribution in [0.15, 0.2) is 71.6 Å². The lowest BCUT2D eigenvalue weighted by Gasteiger charge is -2.21. The fraction of sp³-hybridized carbons (Fsp3) is 0.231. The highest BCUT2D eigenvalue weighted by atomic mass is 35.5. The molecule has 10 heteroatoms. The zero-order chi connectivity index (χ0) is 25.4. The van der Waals surface area contributed by atoms with Crippen molar-refractivity contribution in [3.63, 3.8) is 0 Å². The Morgan fingerprint density at radius 1 is 1.11 bits per heavy atom. The van der Waals surface area contributed by atoms with E-state index in [1.165, 1.54) is 17.6 Å². The number of rotatable bonds is 6. The number of aliphatic hydroxyl groups excluding tert-OH is 1. The number of aromatic nitrogens is 2. The zero-order valence-electron chi connectivity index (χ0n) is 19.5. The Labute approximate surface area is 218 Å². The third-order valence-corrected chi connectivity index (χ3v) is 8.85. The van der Waals surface area contributed by atoms with E-state index >= 15 is 0 Å². The molecule has 1 fully saturated rings. The third-order valence-electron chi connectivity index (χ3n) is 6.26. The van der Waals surface area contributed by atoms with E-state index < -0.39 is 9.84 Å². The maximum Gasteiger partial charge on any atom is 0.274 e. The smallest absolute Gasteiger partial charge is 0.274 e. The number of benzene rings is 2. The summed E-state index contributed by atoms with van der Waals surface area (Å²) in [4.78, 5) is 17.0. The Kier molecular flexibility index (Phi) is 6.74. The van der Waals surface area contributed by atoms with Gasteiger partial charge in [-0.15, -0.1) is 11.3 Å². The Balaban J connectivity index is 1.59. The summed E-state index contributed by atoms with van der Waals surface area (Å²) in [6.07, 6.45) is 2.80. The number of amides is 1. The van der Waals surface area contributed by atoms with E-state index in [1.54, 1.807) is 39.9 Å². The number of nitrogens with zero attached hydrogens (tertiary/aromatic N) is 3. The lowest BCUT2D eigenvalue weighted by molar-refractivity contribution is 0.0671. The van der Waals surface area contributed by atoms with Gasteiger partial charge in [0.05, 0.1) is 38.8 Å². The molecular weight excluding hydrogens is 518 g/mol. The first-order valence-corrected chi connectivity index (χ1v) is 14.5. The first-order chi connectivity index (χ1) is 17.3. The second-order valence-electron chi connectivity index (χ2n) is 8.72. The summed E-state index contributed by atoms with van der Waals surface area (Å²) in [5.41, 5.74) is 2.40. The molecule has 2 aromatic heterocycles. The van der Waals surface area contributed by atoms with E-state index in [2.05, 4.69) is 5.10 Å². The number of sulfone groups is 1. The van der Waals surface area contributed by atoms with Crippen LogP contribution in [0.3, 0.4) is 0 Å². The second-order valence-corrected chi connectivity index (χ2v) is 12.2. The van der Waals surface area contributed by atoms with Gasteiger partial charge in [-0.2, -0.15) is 5.10 Å². The van der Waals surface area contributed by atoms with Gasteiger partial charge < -0.3 is 10.0 Å². The molecule has 7 nitrogen and oxygen atoms in total. The van der Waals surface area contributed by atoms with Crippen LogP contribution in [0.4, 0.5) is 0 Å². The fourth-order valence-corrected chi connectivity index (χ4v) is 6.31. The molecule has 1 saturated heterocycles. The average molecular weight is 542 g/mol. The monoisotopic (exact) mass is 541 g/mol. The molecule has 0 saturated carbocycles. The summed E-state index contributed by atoms with van der Waals surface area (Å²) in [6.45, 7) is 0.503. The van der Waals surface area contributed by atoms with Gasteiger partial charge in [-0.05, 0) is 60.9 Å². The molecule has 1 aliphatic heterocycles. The number of aliphatic hydroxyl groups is 1. The molecule has 2 aromatic carbocycles. The van der Waals surface area contributed by atoms with Crippen molar-refractivity contribution in [3.05, 3.63) is 77.4 Å². The lowest BCUT2D eigenvalue weighted by Crippen LogP contribution is -2.37. The van der Waals surface area contributed by atoms with E-state index in [0.29, 0.717) is 22.9 Å². The molecule has 186 valence electrons. The number of carbonyl (C=O) groups is 1. The summed E-state index contributed by atoms with van der Waals surface area (Å²) in [7, 11) is -3.33. The molecule has 0 radical (unpaired) electrons. The summed E-state index contributed by atoms with van der Waals surface area (Å²) in [5, 5.41) is 14.8. The van der Waals surface area contributed by atoms with E-state index in [0.717, 1.165) is 28.2 Å². The molecule has 4 aromatic rings. The van der Waals surface area contributed by atoms with Crippen molar-refractivity contribution in [1.82, 2.24) is 14.7 Å². The number of hydrogen-bond donors (Lipinski definition) is 1. The van der Waals surface area contributed by atoms with Gasteiger partial charge in [0.2, 0.25) is 0 Å². The van der Waals surface area contributed by atoms with Crippen LogP contribution in [0.1, 0.15) is 23.3 Å². The summed E-state index contributed by atoms with van der Waals surface area (Å²) in [6, 6.07) is 19.5. The number of halogens is 1. The predicted molar refractivity (Wildman–Crippen MR) is 142 cm³/mol. The highest BCUT2D eigenvalue weighted by Gasteiger charge is 2.31. The minimum absolute atomic E-state index is 0.0787. The van der Waals surface area contributed by atoms with Crippen LogP contribution in [0.2, 0.25) is 5.02 Å². The molecule has 1 aliphatic rings. The van der Waals surface area contributed by atoms with Gasteiger partial charge in [-0.1, -0.05) is 35.9 Å². The number of likely N-dealkylation sites (tertiary alicyclic amines) is 1. The molecule has 36 heavy (non-hydrogen) atoms. The topological polar surface area (TPSA) is 92.5 Å². The SMILES string of the molecule is CS(=O)(=O)c1cccc(-c2ccc(-c3cc(C(=O)N4CCC[C@H]4CO)nn3-c3ccccc3Cl)s2)c1. The van der Waals surface area contributed by atoms with E-state index in [-0.39, 0.29) is 29.1 Å². The first kappa shape index (κ1) is 24.7. The van der Waals surface area contributed by atoms with Crippen LogP contribution in [0.25, 0.3) is 26.7 Å². The van der Waals surface area contributed by atoms with Crippen molar-refractivity contribution in [1.29, 1.82) is 0 Å². The van der Waals surface area contributed by atoms with Gasteiger partial charge in [0.1, 0.15) is 0 Å². The second kappa shape index (κ2) is 9.82. The molecule has 5 rings (SSSR count). The largest absolute Gasteiger partial charge is 0.394 e. The summed E-state index contributed by atoms with van der Waals surface area (Å²) in [5.74, 6) is -0.226. The van der Waals surface area contributed by atoms with Crippen molar-refractivity contribution in [2.45, 2.75) is 23.8 Å². The predicted octanol–water partition coefficient (Wildman–Crippen LogP) is 4.92. The van der Waals surface area contributed by atoms with Crippen molar-refractivity contribution in [2.75, 3.05) is 19.4 Å². The van der Waals surface area contributed by atoms with Gasteiger partial charge in [0.25, 0.3) is 5.91 Å². The molecule has 0 spiro atoms. The number of para-hydroxylation sites is 1. The van der Waals surface area contributed by atoms with Crippen LogP contribution in [0, 0.1) is 0 Å². The van der Waals surface area contributed by atoms with E-state index in [4.69, 9.17) is 11.6 Å². The van der Waals surface area contributed by atoms with Crippen LogP contribution in [-0.4, -0.2) is 59.6 Å². The Bertz CT molecular complexity index is 1540. The van der Waals surface area contributed by atoms with Gasteiger partial charge in [0.15, 0.2) is 15.5 Å². The molecule has 0 unspecified atom stereocenters. The maximum absolute atomic E-state index is 13.3.